The Labute approximate surface area is 92.8 Å². The molecule has 0 bridgehead atoms. The summed E-state index contributed by atoms with van der Waals surface area (Å²) < 4.78 is 10.6. The van der Waals surface area contributed by atoms with Crippen molar-refractivity contribution in [2.75, 3.05) is 18.6 Å². The van der Waals surface area contributed by atoms with Gasteiger partial charge in [0, 0.05) is 13.7 Å². The topological polar surface area (TPSA) is 75.8 Å². The molecule has 2 heterocycles. The lowest BCUT2D eigenvalue weighted by Gasteiger charge is -2.24. The van der Waals surface area contributed by atoms with Crippen molar-refractivity contribution >= 4 is 12.0 Å². The molecule has 1 saturated heterocycles. The van der Waals surface area contributed by atoms with Crippen LogP contribution in [0.1, 0.15) is 23.8 Å². The SMILES string of the molecule is CC1OCCC1N(C)c1nc(C(=O)O)co1. The molecule has 1 fully saturated rings. The van der Waals surface area contributed by atoms with Crippen LogP contribution in [0.4, 0.5) is 6.01 Å². The van der Waals surface area contributed by atoms with Crippen LogP contribution in [-0.2, 0) is 4.74 Å². The molecule has 1 aliphatic rings. The van der Waals surface area contributed by atoms with Gasteiger partial charge in [-0.1, -0.05) is 0 Å². The van der Waals surface area contributed by atoms with E-state index in [9.17, 15) is 4.79 Å². The first kappa shape index (κ1) is 10.9. The number of carboxylic acids is 1. The normalized spacial score (nSPS) is 24.6. The van der Waals surface area contributed by atoms with Crippen molar-refractivity contribution in [1.82, 2.24) is 4.98 Å². The Morgan fingerprint density at radius 1 is 1.69 bits per heavy atom. The summed E-state index contributed by atoms with van der Waals surface area (Å²) in [6, 6.07) is 0.500. The molecule has 1 aliphatic heterocycles. The Hall–Kier alpha value is -1.56. The van der Waals surface area contributed by atoms with Crippen LogP contribution in [0.2, 0.25) is 0 Å². The number of nitrogens with zero attached hydrogens (tertiary/aromatic N) is 2. The standard InChI is InChI=1S/C10H14N2O4/c1-6-8(3-4-15-6)12(2)10-11-7(5-16-10)9(13)14/h5-6,8H,3-4H2,1-2H3,(H,13,14). The molecule has 0 saturated carbocycles. The number of oxazole rings is 1. The average molecular weight is 226 g/mol. The van der Waals surface area contributed by atoms with Gasteiger partial charge in [-0.3, -0.25) is 0 Å². The predicted octanol–water partition coefficient (Wildman–Crippen LogP) is 0.986. The fraction of sp³-hybridized carbons (Fsp3) is 0.600. The van der Waals surface area contributed by atoms with Gasteiger partial charge in [-0.2, -0.15) is 4.98 Å². The average Bonchev–Trinajstić information content (AvgIpc) is 2.84. The summed E-state index contributed by atoms with van der Waals surface area (Å²) in [5, 5.41) is 8.73. The number of aromatic nitrogens is 1. The molecule has 1 N–H and O–H groups in total. The van der Waals surface area contributed by atoms with Gasteiger partial charge in [0.25, 0.3) is 6.01 Å². The van der Waals surface area contributed by atoms with E-state index in [1.807, 2.05) is 18.9 Å². The molecule has 0 radical (unpaired) electrons. The molecule has 0 spiro atoms. The number of carboxylic acid groups (broad SMARTS) is 1. The van der Waals surface area contributed by atoms with Gasteiger partial charge in [0.1, 0.15) is 6.26 Å². The van der Waals surface area contributed by atoms with Crippen molar-refractivity contribution in [2.24, 2.45) is 0 Å². The summed E-state index contributed by atoms with van der Waals surface area (Å²) in [4.78, 5) is 16.4. The van der Waals surface area contributed by atoms with Gasteiger partial charge in [-0.05, 0) is 13.3 Å². The van der Waals surface area contributed by atoms with Gasteiger partial charge in [-0.25, -0.2) is 4.79 Å². The highest BCUT2D eigenvalue weighted by Crippen LogP contribution is 2.23. The van der Waals surface area contributed by atoms with E-state index in [1.54, 1.807) is 0 Å². The lowest BCUT2D eigenvalue weighted by Crippen LogP contribution is -2.36. The minimum absolute atomic E-state index is 0.0755. The van der Waals surface area contributed by atoms with Crippen molar-refractivity contribution in [3.05, 3.63) is 12.0 Å². The highest BCUT2D eigenvalue weighted by Gasteiger charge is 2.30. The molecule has 88 valence electrons. The van der Waals surface area contributed by atoms with Gasteiger partial charge in [-0.15, -0.1) is 0 Å². The third-order valence-electron chi connectivity index (χ3n) is 2.85. The third kappa shape index (κ3) is 1.88. The molecule has 1 aromatic rings. The zero-order chi connectivity index (χ0) is 11.7. The number of ether oxygens (including phenoxy) is 1. The second kappa shape index (κ2) is 4.13. The minimum Gasteiger partial charge on any atom is -0.476 e. The highest BCUT2D eigenvalue weighted by atomic mass is 16.5. The first-order valence-electron chi connectivity index (χ1n) is 5.13. The Morgan fingerprint density at radius 2 is 2.44 bits per heavy atom. The van der Waals surface area contributed by atoms with E-state index < -0.39 is 5.97 Å². The van der Waals surface area contributed by atoms with E-state index in [0.717, 1.165) is 12.7 Å². The summed E-state index contributed by atoms with van der Waals surface area (Å²) in [6.45, 7) is 2.69. The van der Waals surface area contributed by atoms with Crippen LogP contribution in [0.25, 0.3) is 0 Å². The van der Waals surface area contributed by atoms with Gasteiger partial charge in [0.15, 0.2) is 5.69 Å². The van der Waals surface area contributed by atoms with Gasteiger partial charge in [0.05, 0.1) is 12.1 Å². The fourth-order valence-electron chi connectivity index (χ4n) is 1.90. The first-order chi connectivity index (χ1) is 7.59. The number of hydrogen-bond donors (Lipinski definition) is 1. The van der Waals surface area contributed by atoms with Crippen LogP contribution in [0.3, 0.4) is 0 Å². The van der Waals surface area contributed by atoms with E-state index in [-0.39, 0.29) is 17.8 Å². The molecular weight excluding hydrogens is 212 g/mol. The summed E-state index contributed by atoms with van der Waals surface area (Å²) in [6.07, 6.45) is 2.14. The molecule has 2 rings (SSSR count). The van der Waals surface area contributed by atoms with Crippen LogP contribution in [-0.4, -0.2) is 41.9 Å². The van der Waals surface area contributed by atoms with Crippen LogP contribution in [0.15, 0.2) is 10.7 Å². The van der Waals surface area contributed by atoms with Crippen molar-refractivity contribution in [3.63, 3.8) is 0 Å². The zero-order valence-electron chi connectivity index (χ0n) is 9.21. The summed E-state index contributed by atoms with van der Waals surface area (Å²) in [5.41, 5.74) is -0.0755. The summed E-state index contributed by atoms with van der Waals surface area (Å²) >= 11 is 0. The zero-order valence-corrected chi connectivity index (χ0v) is 9.21. The lowest BCUT2D eigenvalue weighted by molar-refractivity contribution is 0.0690. The maximum atomic E-state index is 10.7. The minimum atomic E-state index is -1.08. The fourth-order valence-corrected chi connectivity index (χ4v) is 1.90. The second-order valence-electron chi connectivity index (χ2n) is 3.86. The smallest absolute Gasteiger partial charge is 0.357 e. The molecule has 0 amide bonds. The number of hydrogen-bond acceptors (Lipinski definition) is 5. The maximum Gasteiger partial charge on any atom is 0.357 e. The molecule has 6 heteroatoms. The van der Waals surface area contributed by atoms with Gasteiger partial charge < -0.3 is 19.2 Å². The molecule has 6 nitrogen and oxygen atoms in total. The summed E-state index contributed by atoms with van der Waals surface area (Å²) in [5.74, 6) is -1.08. The van der Waals surface area contributed by atoms with E-state index in [2.05, 4.69) is 4.98 Å². The van der Waals surface area contributed by atoms with Crippen LogP contribution >= 0.6 is 0 Å². The van der Waals surface area contributed by atoms with Crippen LogP contribution in [0, 0.1) is 0 Å². The Balaban J connectivity index is 2.13. The molecule has 2 atom stereocenters. The second-order valence-corrected chi connectivity index (χ2v) is 3.86. The Kier molecular flexibility index (Phi) is 2.82. The summed E-state index contributed by atoms with van der Waals surface area (Å²) in [7, 11) is 1.83. The quantitative estimate of drug-likeness (QED) is 0.828. The number of anilines is 1. The molecule has 2 unspecified atom stereocenters. The molecule has 1 aromatic heterocycles. The van der Waals surface area contributed by atoms with Crippen molar-refractivity contribution in [3.8, 4) is 0 Å². The van der Waals surface area contributed by atoms with Crippen LogP contribution in [0.5, 0.6) is 0 Å². The lowest BCUT2D eigenvalue weighted by atomic mass is 10.1. The van der Waals surface area contributed by atoms with E-state index >= 15 is 0 Å². The van der Waals surface area contributed by atoms with E-state index in [4.69, 9.17) is 14.3 Å². The Bertz CT molecular complexity index is 390. The van der Waals surface area contributed by atoms with Crippen molar-refractivity contribution < 1.29 is 19.1 Å². The number of aromatic carboxylic acids is 1. The molecular formula is C10H14N2O4. The first-order valence-corrected chi connectivity index (χ1v) is 5.13. The number of likely N-dealkylation sites (N-methyl/N-ethyl adjacent to an activating group) is 1. The van der Waals surface area contributed by atoms with E-state index in [0.29, 0.717) is 12.6 Å². The van der Waals surface area contributed by atoms with Gasteiger partial charge in [0.2, 0.25) is 0 Å². The van der Waals surface area contributed by atoms with Gasteiger partial charge >= 0.3 is 5.97 Å². The molecule has 0 aromatic carbocycles. The van der Waals surface area contributed by atoms with E-state index in [1.165, 1.54) is 0 Å². The monoisotopic (exact) mass is 226 g/mol. The van der Waals surface area contributed by atoms with Crippen molar-refractivity contribution in [2.45, 2.75) is 25.5 Å². The number of carbonyl (C=O) groups is 1. The third-order valence-corrected chi connectivity index (χ3v) is 2.85. The highest BCUT2D eigenvalue weighted by molar-refractivity contribution is 5.85. The predicted molar refractivity (Wildman–Crippen MR) is 55.7 cm³/mol. The van der Waals surface area contributed by atoms with Crippen LogP contribution < -0.4 is 4.90 Å². The van der Waals surface area contributed by atoms with Crippen molar-refractivity contribution in [1.29, 1.82) is 0 Å². The Morgan fingerprint density at radius 3 is 2.94 bits per heavy atom. The number of rotatable bonds is 3. The maximum absolute atomic E-state index is 10.7. The molecule has 16 heavy (non-hydrogen) atoms. The molecule has 0 aliphatic carbocycles. The largest absolute Gasteiger partial charge is 0.476 e.